The van der Waals surface area contributed by atoms with Gasteiger partial charge in [-0.2, -0.15) is 5.10 Å². The van der Waals surface area contributed by atoms with Gasteiger partial charge in [-0.25, -0.2) is 0 Å². The number of thioether (sulfide) groups is 1. The van der Waals surface area contributed by atoms with E-state index in [-0.39, 0.29) is 5.91 Å². The summed E-state index contributed by atoms with van der Waals surface area (Å²) < 4.78 is 0. The van der Waals surface area contributed by atoms with Crippen LogP contribution in [-0.2, 0) is 4.79 Å². The molecular weight excluding hydrogens is 320 g/mol. The Kier molecular flexibility index (Phi) is 4.58. The van der Waals surface area contributed by atoms with Gasteiger partial charge >= 0.3 is 0 Å². The van der Waals surface area contributed by atoms with Crippen LogP contribution < -0.4 is 4.90 Å². The number of H-pyrrole nitrogens is 1. The van der Waals surface area contributed by atoms with E-state index in [9.17, 15) is 4.79 Å². The van der Waals surface area contributed by atoms with Gasteiger partial charge in [0.2, 0.25) is 5.91 Å². The molecule has 6 heteroatoms. The first-order chi connectivity index (χ1) is 11.8. The van der Waals surface area contributed by atoms with Crippen LogP contribution in [0.5, 0.6) is 0 Å². The number of nitrogens with one attached hydrogen (secondary N) is 1. The molecule has 126 valence electrons. The lowest BCUT2D eigenvalue weighted by Gasteiger charge is -2.34. The van der Waals surface area contributed by atoms with Crippen LogP contribution in [0.25, 0.3) is 0 Å². The van der Waals surface area contributed by atoms with E-state index in [4.69, 9.17) is 0 Å². The molecule has 1 aromatic carbocycles. The predicted octanol–water partition coefficient (Wildman–Crippen LogP) is 2.73. The second kappa shape index (κ2) is 6.99. The van der Waals surface area contributed by atoms with Crippen LogP contribution in [0, 0.1) is 0 Å². The summed E-state index contributed by atoms with van der Waals surface area (Å²) >= 11 is 1.84. The van der Waals surface area contributed by atoms with Crippen molar-refractivity contribution in [2.24, 2.45) is 0 Å². The summed E-state index contributed by atoms with van der Waals surface area (Å²) in [6, 6.07) is 10.3. The third-order valence-corrected chi connectivity index (χ3v) is 5.98. The molecule has 3 heterocycles. The zero-order valence-electron chi connectivity index (χ0n) is 13.6. The molecule has 4 rings (SSSR count). The van der Waals surface area contributed by atoms with Gasteiger partial charge in [0.25, 0.3) is 0 Å². The molecule has 0 atom stereocenters. The number of carbonyl (C=O) groups excluding carboxylic acids is 1. The number of rotatable bonds is 3. The molecule has 0 unspecified atom stereocenters. The minimum atomic E-state index is 0.225. The molecule has 0 radical (unpaired) electrons. The van der Waals surface area contributed by atoms with Crippen LogP contribution in [0.2, 0.25) is 0 Å². The van der Waals surface area contributed by atoms with Crippen molar-refractivity contribution in [1.82, 2.24) is 15.1 Å². The molecule has 0 saturated carbocycles. The monoisotopic (exact) mass is 342 g/mol. The van der Waals surface area contributed by atoms with E-state index in [1.165, 1.54) is 10.6 Å². The second-order valence-corrected chi connectivity index (χ2v) is 7.56. The van der Waals surface area contributed by atoms with E-state index in [2.05, 4.69) is 33.3 Å². The Hall–Kier alpha value is -1.79. The van der Waals surface area contributed by atoms with Gasteiger partial charge in [0.05, 0.1) is 12.2 Å². The number of benzene rings is 1. The number of fused-ring (bicyclic) bond motifs is 1. The maximum absolute atomic E-state index is 12.8. The Balaban J connectivity index is 1.36. The lowest BCUT2D eigenvalue weighted by Crippen LogP contribution is -2.45. The molecule has 2 aromatic rings. The highest BCUT2D eigenvalue weighted by Crippen LogP contribution is 2.34. The minimum absolute atomic E-state index is 0.225. The Bertz CT molecular complexity index is 695. The molecule has 1 saturated heterocycles. The van der Waals surface area contributed by atoms with Crippen LogP contribution >= 0.6 is 11.8 Å². The standard InChI is InChI=1S/C18H22N4OS/c23-18(22-11-12-24-17-4-2-1-3-16(17)22)13-21-9-6-14(7-10-21)15-5-8-19-20-15/h1-5,8,14H,6-7,9-13H2,(H,19,20). The average Bonchev–Trinajstić information content (AvgIpc) is 3.16. The van der Waals surface area contributed by atoms with Gasteiger partial charge in [0, 0.05) is 35.0 Å². The molecule has 0 spiro atoms. The first-order valence-electron chi connectivity index (χ1n) is 8.55. The fourth-order valence-electron chi connectivity index (χ4n) is 3.60. The van der Waals surface area contributed by atoms with Crippen LogP contribution in [-0.4, -0.2) is 52.9 Å². The van der Waals surface area contributed by atoms with E-state index in [0.717, 1.165) is 43.9 Å². The fraction of sp³-hybridized carbons (Fsp3) is 0.444. The topological polar surface area (TPSA) is 52.2 Å². The SMILES string of the molecule is O=C(CN1CCC(c2ccn[nH]2)CC1)N1CCSc2ccccc21. The molecular formula is C18H22N4OS. The highest BCUT2D eigenvalue weighted by atomic mass is 32.2. The number of anilines is 1. The summed E-state index contributed by atoms with van der Waals surface area (Å²) in [4.78, 5) is 18.3. The fourth-order valence-corrected chi connectivity index (χ4v) is 4.60. The Morgan fingerprint density at radius 3 is 2.83 bits per heavy atom. The van der Waals surface area contributed by atoms with E-state index in [0.29, 0.717) is 12.5 Å². The van der Waals surface area contributed by atoms with E-state index >= 15 is 0 Å². The van der Waals surface area contributed by atoms with Gasteiger partial charge < -0.3 is 4.90 Å². The third-order valence-electron chi connectivity index (χ3n) is 4.94. The normalized spacial score (nSPS) is 19.2. The van der Waals surface area contributed by atoms with Crippen LogP contribution in [0.4, 0.5) is 5.69 Å². The van der Waals surface area contributed by atoms with Gasteiger partial charge in [-0.1, -0.05) is 12.1 Å². The number of piperidine rings is 1. The second-order valence-electron chi connectivity index (χ2n) is 6.42. The zero-order chi connectivity index (χ0) is 16.4. The number of hydrogen-bond acceptors (Lipinski definition) is 4. The van der Waals surface area contributed by atoms with Crippen LogP contribution in [0.3, 0.4) is 0 Å². The van der Waals surface area contributed by atoms with E-state index < -0.39 is 0 Å². The zero-order valence-corrected chi connectivity index (χ0v) is 14.5. The number of likely N-dealkylation sites (tertiary alicyclic amines) is 1. The minimum Gasteiger partial charge on any atom is -0.309 e. The third kappa shape index (κ3) is 3.21. The summed E-state index contributed by atoms with van der Waals surface area (Å²) in [6.45, 7) is 3.28. The lowest BCUT2D eigenvalue weighted by atomic mass is 9.94. The Morgan fingerprint density at radius 2 is 2.04 bits per heavy atom. The number of nitrogens with zero attached hydrogens (tertiary/aromatic N) is 3. The van der Waals surface area contributed by atoms with E-state index in [1.54, 1.807) is 0 Å². The van der Waals surface area contributed by atoms with E-state index in [1.807, 2.05) is 35.0 Å². The first kappa shape index (κ1) is 15.7. The van der Waals surface area contributed by atoms with Gasteiger partial charge in [0.15, 0.2) is 0 Å². The molecule has 1 fully saturated rings. The summed E-state index contributed by atoms with van der Waals surface area (Å²) in [6.07, 6.45) is 3.99. The van der Waals surface area contributed by atoms with Gasteiger partial charge in [0.1, 0.15) is 0 Å². The number of amides is 1. The number of aromatic amines is 1. The van der Waals surface area contributed by atoms with Crippen molar-refractivity contribution in [3.63, 3.8) is 0 Å². The molecule has 0 bridgehead atoms. The van der Waals surface area contributed by atoms with Gasteiger partial charge in [-0.15, -0.1) is 11.8 Å². The summed E-state index contributed by atoms with van der Waals surface area (Å²) in [5.41, 5.74) is 2.30. The van der Waals surface area contributed by atoms with Crippen molar-refractivity contribution in [3.05, 3.63) is 42.2 Å². The lowest BCUT2D eigenvalue weighted by molar-refractivity contribution is -0.120. The molecule has 2 aliphatic heterocycles. The highest BCUT2D eigenvalue weighted by molar-refractivity contribution is 7.99. The first-order valence-corrected chi connectivity index (χ1v) is 9.53. The molecule has 1 amide bonds. The van der Waals surface area contributed by atoms with Gasteiger partial charge in [-0.3, -0.25) is 14.8 Å². The Morgan fingerprint density at radius 1 is 1.21 bits per heavy atom. The summed E-state index contributed by atoms with van der Waals surface area (Å²) in [5.74, 6) is 1.75. The van der Waals surface area contributed by atoms with Crippen molar-refractivity contribution in [2.45, 2.75) is 23.7 Å². The smallest absolute Gasteiger partial charge is 0.241 e. The molecule has 0 aliphatic carbocycles. The largest absolute Gasteiger partial charge is 0.309 e. The maximum atomic E-state index is 12.8. The molecule has 2 aliphatic rings. The van der Waals surface area contributed by atoms with Crippen LogP contribution in [0.15, 0.2) is 41.4 Å². The highest BCUT2D eigenvalue weighted by Gasteiger charge is 2.27. The average molecular weight is 342 g/mol. The quantitative estimate of drug-likeness (QED) is 0.932. The van der Waals surface area contributed by atoms with Crippen molar-refractivity contribution in [2.75, 3.05) is 36.8 Å². The molecule has 24 heavy (non-hydrogen) atoms. The number of aromatic nitrogens is 2. The van der Waals surface area contributed by atoms with Crippen molar-refractivity contribution in [1.29, 1.82) is 0 Å². The van der Waals surface area contributed by atoms with Crippen molar-refractivity contribution >= 4 is 23.4 Å². The number of hydrogen-bond donors (Lipinski definition) is 1. The number of carbonyl (C=O) groups is 1. The van der Waals surface area contributed by atoms with Crippen molar-refractivity contribution < 1.29 is 4.79 Å². The molecule has 5 nitrogen and oxygen atoms in total. The molecule has 1 aromatic heterocycles. The van der Waals surface area contributed by atoms with Crippen molar-refractivity contribution in [3.8, 4) is 0 Å². The summed E-state index contributed by atoms with van der Waals surface area (Å²) in [7, 11) is 0. The predicted molar refractivity (Wildman–Crippen MR) is 96.5 cm³/mol. The summed E-state index contributed by atoms with van der Waals surface area (Å²) in [5, 5.41) is 7.13. The van der Waals surface area contributed by atoms with Crippen LogP contribution in [0.1, 0.15) is 24.5 Å². The number of para-hydroxylation sites is 1. The molecule has 1 N–H and O–H groups in total. The maximum Gasteiger partial charge on any atom is 0.241 e. The Labute approximate surface area is 146 Å². The van der Waals surface area contributed by atoms with Gasteiger partial charge in [-0.05, 0) is 44.1 Å².